The van der Waals surface area contributed by atoms with E-state index in [1.165, 1.54) is 0 Å². The summed E-state index contributed by atoms with van der Waals surface area (Å²) >= 11 is 0. The summed E-state index contributed by atoms with van der Waals surface area (Å²) in [6, 6.07) is 7.18. The molecule has 84 valence electrons. The third kappa shape index (κ3) is 3.22. The standard InChI is InChI=1S/C12H18O3/c1-3-11(13)12(14)9-6-5-7-10(8-9)15-4-2/h5-8,11-14H,3-4H2,1-2H3. The third-order valence-electron chi connectivity index (χ3n) is 2.29. The van der Waals surface area contributed by atoms with Crippen molar-refractivity contribution in [2.24, 2.45) is 0 Å². The number of hydrogen-bond donors (Lipinski definition) is 2. The van der Waals surface area contributed by atoms with Gasteiger partial charge in [-0.05, 0) is 31.0 Å². The number of aliphatic hydroxyl groups excluding tert-OH is 2. The smallest absolute Gasteiger partial charge is 0.119 e. The first kappa shape index (κ1) is 12.0. The molecule has 0 saturated carbocycles. The van der Waals surface area contributed by atoms with Crippen LogP contribution in [0.25, 0.3) is 0 Å². The Morgan fingerprint density at radius 2 is 2.00 bits per heavy atom. The first-order valence-corrected chi connectivity index (χ1v) is 5.28. The summed E-state index contributed by atoms with van der Waals surface area (Å²) in [6.07, 6.45) is -1.03. The van der Waals surface area contributed by atoms with Gasteiger partial charge >= 0.3 is 0 Å². The molecule has 0 radical (unpaired) electrons. The predicted octanol–water partition coefficient (Wildman–Crippen LogP) is 1.89. The van der Waals surface area contributed by atoms with Crippen molar-refractivity contribution in [1.82, 2.24) is 0 Å². The molecule has 2 unspecified atom stereocenters. The topological polar surface area (TPSA) is 49.7 Å². The number of rotatable bonds is 5. The zero-order chi connectivity index (χ0) is 11.3. The predicted molar refractivity (Wildman–Crippen MR) is 58.9 cm³/mol. The molecule has 0 heterocycles. The quantitative estimate of drug-likeness (QED) is 0.780. The molecule has 0 aliphatic rings. The van der Waals surface area contributed by atoms with Crippen LogP contribution in [-0.4, -0.2) is 22.9 Å². The van der Waals surface area contributed by atoms with E-state index < -0.39 is 12.2 Å². The zero-order valence-corrected chi connectivity index (χ0v) is 9.18. The fourth-order valence-corrected chi connectivity index (χ4v) is 1.40. The molecule has 0 aliphatic heterocycles. The summed E-state index contributed by atoms with van der Waals surface area (Å²) in [5.74, 6) is 0.720. The van der Waals surface area contributed by atoms with E-state index in [2.05, 4.69) is 0 Å². The fourth-order valence-electron chi connectivity index (χ4n) is 1.40. The molecule has 1 aromatic carbocycles. The Bertz CT molecular complexity index is 299. The van der Waals surface area contributed by atoms with Gasteiger partial charge in [0.05, 0.1) is 12.7 Å². The highest BCUT2D eigenvalue weighted by atomic mass is 16.5. The van der Waals surface area contributed by atoms with Crippen LogP contribution >= 0.6 is 0 Å². The van der Waals surface area contributed by atoms with E-state index >= 15 is 0 Å². The van der Waals surface area contributed by atoms with E-state index in [9.17, 15) is 10.2 Å². The van der Waals surface area contributed by atoms with E-state index in [-0.39, 0.29) is 0 Å². The molecule has 0 fully saturated rings. The van der Waals surface area contributed by atoms with Gasteiger partial charge in [0.15, 0.2) is 0 Å². The molecule has 0 aromatic heterocycles. The number of ether oxygens (including phenoxy) is 1. The van der Waals surface area contributed by atoms with Crippen molar-refractivity contribution in [2.45, 2.75) is 32.5 Å². The molecule has 1 aromatic rings. The number of benzene rings is 1. The number of aliphatic hydroxyl groups is 2. The van der Waals surface area contributed by atoms with Crippen LogP contribution in [0.4, 0.5) is 0 Å². The molecule has 3 heteroatoms. The second-order valence-corrected chi connectivity index (χ2v) is 3.43. The molecule has 3 nitrogen and oxygen atoms in total. The van der Waals surface area contributed by atoms with Crippen molar-refractivity contribution in [3.05, 3.63) is 29.8 Å². The van der Waals surface area contributed by atoms with Crippen LogP contribution in [0, 0.1) is 0 Å². The minimum atomic E-state index is -0.838. The van der Waals surface area contributed by atoms with Crippen molar-refractivity contribution < 1.29 is 14.9 Å². The van der Waals surface area contributed by atoms with Gasteiger partial charge in [-0.3, -0.25) is 0 Å². The van der Waals surface area contributed by atoms with Crippen LogP contribution in [0.5, 0.6) is 5.75 Å². The molecule has 15 heavy (non-hydrogen) atoms. The third-order valence-corrected chi connectivity index (χ3v) is 2.29. The van der Waals surface area contributed by atoms with Gasteiger partial charge in [0, 0.05) is 0 Å². The zero-order valence-electron chi connectivity index (χ0n) is 9.18. The first-order valence-electron chi connectivity index (χ1n) is 5.28. The summed E-state index contributed by atoms with van der Waals surface area (Å²) in [7, 11) is 0. The van der Waals surface area contributed by atoms with E-state index in [1.54, 1.807) is 12.1 Å². The summed E-state index contributed by atoms with van der Waals surface area (Å²) < 4.78 is 5.32. The summed E-state index contributed by atoms with van der Waals surface area (Å²) in [5, 5.41) is 19.3. The van der Waals surface area contributed by atoms with Gasteiger partial charge in [-0.1, -0.05) is 19.1 Å². The van der Waals surface area contributed by atoms with E-state index in [0.717, 1.165) is 5.75 Å². The largest absolute Gasteiger partial charge is 0.494 e. The second kappa shape index (κ2) is 5.73. The van der Waals surface area contributed by atoms with Gasteiger partial charge in [0.1, 0.15) is 11.9 Å². The Balaban J connectivity index is 2.80. The Kier molecular flexibility index (Phi) is 4.59. The van der Waals surface area contributed by atoms with E-state index in [4.69, 9.17) is 4.74 Å². The molecule has 0 aliphatic carbocycles. The van der Waals surface area contributed by atoms with Gasteiger partial charge in [-0.2, -0.15) is 0 Å². The minimum Gasteiger partial charge on any atom is -0.494 e. The maximum Gasteiger partial charge on any atom is 0.119 e. The molecule has 2 N–H and O–H groups in total. The first-order chi connectivity index (χ1) is 7.19. The highest BCUT2D eigenvalue weighted by molar-refractivity contribution is 5.30. The normalized spacial score (nSPS) is 14.7. The lowest BCUT2D eigenvalue weighted by Gasteiger charge is -2.17. The highest BCUT2D eigenvalue weighted by Gasteiger charge is 2.16. The van der Waals surface area contributed by atoms with Crippen LogP contribution in [0.1, 0.15) is 31.9 Å². The van der Waals surface area contributed by atoms with Crippen LogP contribution in [-0.2, 0) is 0 Å². The second-order valence-electron chi connectivity index (χ2n) is 3.43. The lowest BCUT2D eigenvalue weighted by Crippen LogP contribution is -2.16. The minimum absolute atomic E-state index is 0.528. The summed E-state index contributed by atoms with van der Waals surface area (Å²) in [4.78, 5) is 0. The molecule has 0 spiro atoms. The monoisotopic (exact) mass is 210 g/mol. The lowest BCUT2D eigenvalue weighted by molar-refractivity contribution is 0.0163. The summed E-state index contributed by atoms with van der Waals surface area (Å²) in [6.45, 7) is 4.33. The fraction of sp³-hybridized carbons (Fsp3) is 0.500. The van der Waals surface area contributed by atoms with Gasteiger partial charge in [0.2, 0.25) is 0 Å². The molecule has 0 amide bonds. The average molecular weight is 210 g/mol. The Morgan fingerprint density at radius 1 is 1.27 bits per heavy atom. The van der Waals surface area contributed by atoms with E-state index in [1.807, 2.05) is 26.0 Å². The van der Waals surface area contributed by atoms with Gasteiger partial charge in [0.25, 0.3) is 0 Å². The highest BCUT2D eigenvalue weighted by Crippen LogP contribution is 2.22. The molecular formula is C12H18O3. The van der Waals surface area contributed by atoms with Crippen LogP contribution in [0.15, 0.2) is 24.3 Å². The van der Waals surface area contributed by atoms with Crippen molar-refractivity contribution >= 4 is 0 Å². The molecule has 2 atom stereocenters. The van der Waals surface area contributed by atoms with Gasteiger partial charge in [-0.25, -0.2) is 0 Å². The van der Waals surface area contributed by atoms with Crippen LogP contribution in [0.2, 0.25) is 0 Å². The molecule has 0 bridgehead atoms. The average Bonchev–Trinajstić information content (AvgIpc) is 2.28. The molecule has 1 rings (SSSR count). The lowest BCUT2D eigenvalue weighted by atomic mass is 10.0. The van der Waals surface area contributed by atoms with Crippen molar-refractivity contribution in [2.75, 3.05) is 6.61 Å². The Labute approximate surface area is 90.3 Å². The summed E-state index contributed by atoms with van der Waals surface area (Å²) in [5.41, 5.74) is 0.690. The number of hydrogen-bond acceptors (Lipinski definition) is 3. The molecule has 0 saturated heterocycles. The van der Waals surface area contributed by atoms with Crippen molar-refractivity contribution in [3.63, 3.8) is 0 Å². The maximum absolute atomic E-state index is 9.78. The van der Waals surface area contributed by atoms with Crippen LogP contribution < -0.4 is 4.74 Å². The van der Waals surface area contributed by atoms with Crippen molar-refractivity contribution in [3.8, 4) is 5.75 Å². The Hall–Kier alpha value is -1.06. The van der Waals surface area contributed by atoms with Crippen molar-refractivity contribution in [1.29, 1.82) is 0 Å². The van der Waals surface area contributed by atoms with Gasteiger partial charge < -0.3 is 14.9 Å². The maximum atomic E-state index is 9.78. The SMILES string of the molecule is CCOc1cccc(C(O)C(O)CC)c1. The Morgan fingerprint density at radius 3 is 2.60 bits per heavy atom. The van der Waals surface area contributed by atoms with E-state index in [0.29, 0.717) is 18.6 Å². The van der Waals surface area contributed by atoms with Crippen LogP contribution in [0.3, 0.4) is 0 Å². The van der Waals surface area contributed by atoms with Gasteiger partial charge in [-0.15, -0.1) is 0 Å². The molecular weight excluding hydrogens is 192 g/mol.